The highest BCUT2D eigenvalue weighted by atomic mass is 79.9. The Morgan fingerprint density at radius 2 is 1.56 bits per heavy atom. The molecular weight excluding hydrogens is 733 g/mol. The molecule has 0 saturated heterocycles. The Balaban J connectivity index is 1.57. The molecule has 1 atom stereocenters. The number of nitrogens with zero attached hydrogens (tertiary/aromatic N) is 2. The smallest absolute Gasteiger partial charge is 0.264 e. The monoisotopic (exact) mass is 769 g/mol. The van der Waals surface area contributed by atoms with Gasteiger partial charge < -0.3 is 10.2 Å². The quantitative estimate of drug-likeness (QED) is 0.157. The van der Waals surface area contributed by atoms with Crippen LogP contribution in [0, 0.1) is 6.92 Å². The van der Waals surface area contributed by atoms with Crippen LogP contribution in [0.4, 0.5) is 5.69 Å². The van der Waals surface area contributed by atoms with Gasteiger partial charge >= 0.3 is 0 Å². The van der Waals surface area contributed by atoms with E-state index in [1.165, 1.54) is 17.0 Å². The van der Waals surface area contributed by atoms with Crippen LogP contribution in [0.15, 0.2) is 106 Å². The number of carbonyl (C=O) groups excluding carboxylic acids is 2. The van der Waals surface area contributed by atoms with Crippen LogP contribution in [0.1, 0.15) is 48.8 Å². The maximum absolute atomic E-state index is 14.7. The van der Waals surface area contributed by atoms with E-state index in [2.05, 4.69) is 21.2 Å². The van der Waals surface area contributed by atoms with Crippen LogP contribution in [0.25, 0.3) is 0 Å². The Kier molecular flexibility index (Phi) is 12.2. The fourth-order valence-electron chi connectivity index (χ4n) is 5.93. The van der Waals surface area contributed by atoms with Crippen LogP contribution < -0.4 is 9.62 Å². The van der Waals surface area contributed by atoms with Crippen LogP contribution in [-0.4, -0.2) is 43.8 Å². The first-order valence-corrected chi connectivity index (χ1v) is 18.9. The zero-order valence-electron chi connectivity index (χ0n) is 26.6. The lowest BCUT2D eigenvalue weighted by atomic mass is 9.94. The number of anilines is 1. The van der Waals surface area contributed by atoms with Gasteiger partial charge in [-0.25, -0.2) is 8.42 Å². The standard InChI is InChI=1S/C37H38BrCl2N3O4S/c1-26-15-18-32(19-16-26)48(46,47)43(31-14-8-11-29(38)23-31)25-36(44)42(24-28-17-20-33(39)34(40)21-28)35(22-27-9-4-2-5-10-27)37(45)41-30-12-6-3-7-13-30/h2,4-5,8-11,14-21,23,30,35H,3,6-7,12-13,22,24-25H2,1H3,(H,41,45)/t35-/m0/s1. The molecule has 48 heavy (non-hydrogen) atoms. The molecule has 5 rings (SSSR count). The van der Waals surface area contributed by atoms with Crippen LogP contribution >= 0.6 is 39.1 Å². The van der Waals surface area contributed by atoms with E-state index in [-0.39, 0.29) is 29.8 Å². The number of sulfonamides is 1. The Hall–Kier alpha value is -3.37. The van der Waals surface area contributed by atoms with Crippen molar-refractivity contribution >= 4 is 66.7 Å². The van der Waals surface area contributed by atoms with Gasteiger partial charge in [-0.15, -0.1) is 0 Å². The number of hydrogen-bond acceptors (Lipinski definition) is 4. The van der Waals surface area contributed by atoms with Crippen molar-refractivity contribution in [3.8, 4) is 0 Å². The summed E-state index contributed by atoms with van der Waals surface area (Å²) in [6, 6.07) is 26.9. The fraction of sp³-hybridized carbons (Fsp3) is 0.297. The van der Waals surface area contributed by atoms with Crippen LogP contribution in [0.3, 0.4) is 0 Å². The average molecular weight is 772 g/mol. The highest BCUT2D eigenvalue weighted by molar-refractivity contribution is 9.10. The van der Waals surface area contributed by atoms with E-state index in [0.29, 0.717) is 25.8 Å². The molecule has 0 spiro atoms. The first-order chi connectivity index (χ1) is 23.0. The third-order valence-electron chi connectivity index (χ3n) is 8.54. The minimum Gasteiger partial charge on any atom is -0.352 e. The highest BCUT2D eigenvalue weighted by Gasteiger charge is 2.35. The van der Waals surface area contributed by atoms with Crippen molar-refractivity contribution in [1.29, 1.82) is 0 Å². The summed E-state index contributed by atoms with van der Waals surface area (Å²) in [5, 5.41) is 3.89. The third kappa shape index (κ3) is 9.20. The SMILES string of the molecule is Cc1ccc(S(=O)(=O)N(CC(=O)N(Cc2ccc(Cl)c(Cl)c2)[C@@H](Cc2ccccc2)C(=O)NC2CCCCC2)c2cccc(Br)c2)cc1. The summed E-state index contributed by atoms with van der Waals surface area (Å²) in [7, 11) is -4.20. The second-order valence-corrected chi connectivity index (χ2v) is 15.7. The average Bonchev–Trinajstić information content (AvgIpc) is 3.07. The molecule has 1 aliphatic carbocycles. The number of aryl methyl sites for hydroxylation is 1. The summed E-state index contributed by atoms with van der Waals surface area (Å²) >= 11 is 16.1. The Morgan fingerprint density at radius 3 is 2.23 bits per heavy atom. The Bertz CT molecular complexity index is 1840. The molecule has 0 radical (unpaired) electrons. The molecule has 1 N–H and O–H groups in total. The van der Waals surface area contributed by atoms with Crippen molar-refractivity contribution in [3.05, 3.63) is 128 Å². The van der Waals surface area contributed by atoms with Crippen molar-refractivity contribution in [3.63, 3.8) is 0 Å². The normalized spacial score (nSPS) is 14.2. The number of amides is 2. The van der Waals surface area contributed by atoms with E-state index in [4.69, 9.17) is 23.2 Å². The Morgan fingerprint density at radius 1 is 0.854 bits per heavy atom. The predicted octanol–water partition coefficient (Wildman–Crippen LogP) is 8.35. The molecule has 11 heteroatoms. The molecule has 0 aromatic heterocycles. The molecule has 2 amide bonds. The van der Waals surface area contributed by atoms with Gasteiger partial charge in [0.05, 0.1) is 20.6 Å². The lowest BCUT2D eigenvalue weighted by Crippen LogP contribution is -2.55. The summed E-state index contributed by atoms with van der Waals surface area (Å²) in [4.78, 5) is 30.5. The maximum atomic E-state index is 14.7. The minimum absolute atomic E-state index is 0.00220. The van der Waals surface area contributed by atoms with Gasteiger partial charge in [-0.3, -0.25) is 13.9 Å². The molecule has 0 aliphatic heterocycles. The molecule has 4 aromatic rings. The number of hydrogen-bond donors (Lipinski definition) is 1. The van der Waals surface area contributed by atoms with Crippen molar-refractivity contribution in [2.75, 3.05) is 10.8 Å². The first-order valence-electron chi connectivity index (χ1n) is 15.9. The zero-order valence-corrected chi connectivity index (χ0v) is 30.5. The van der Waals surface area contributed by atoms with E-state index < -0.39 is 28.5 Å². The minimum atomic E-state index is -4.20. The Labute approximate surface area is 301 Å². The highest BCUT2D eigenvalue weighted by Crippen LogP contribution is 2.29. The molecule has 0 bridgehead atoms. The van der Waals surface area contributed by atoms with E-state index >= 15 is 0 Å². The van der Waals surface area contributed by atoms with Crippen molar-refractivity contribution in [2.45, 2.75) is 69.0 Å². The van der Waals surface area contributed by atoms with E-state index in [1.54, 1.807) is 54.6 Å². The first kappa shape index (κ1) is 35.9. The van der Waals surface area contributed by atoms with Gasteiger partial charge in [0.1, 0.15) is 12.6 Å². The molecule has 4 aromatic carbocycles. The molecule has 0 heterocycles. The molecule has 1 saturated carbocycles. The summed E-state index contributed by atoms with van der Waals surface area (Å²) in [5.74, 6) is -0.828. The lowest BCUT2D eigenvalue weighted by Gasteiger charge is -2.35. The van der Waals surface area contributed by atoms with Gasteiger partial charge in [-0.2, -0.15) is 0 Å². The van der Waals surface area contributed by atoms with Crippen LogP contribution in [0.2, 0.25) is 10.0 Å². The van der Waals surface area contributed by atoms with Gasteiger partial charge in [-0.05, 0) is 73.4 Å². The second kappa shape index (κ2) is 16.4. The zero-order chi connectivity index (χ0) is 34.3. The number of carbonyl (C=O) groups is 2. The van der Waals surface area contributed by atoms with Gasteiger partial charge in [-0.1, -0.05) is 119 Å². The summed E-state index contributed by atoms with van der Waals surface area (Å²) in [6.45, 7) is 1.33. The van der Waals surface area contributed by atoms with Crippen LogP contribution in [-0.2, 0) is 32.6 Å². The number of rotatable bonds is 12. The topological polar surface area (TPSA) is 86.8 Å². The molecule has 0 unspecified atom stereocenters. The van der Waals surface area contributed by atoms with E-state index in [1.807, 2.05) is 37.3 Å². The molecular formula is C37H38BrCl2N3O4S. The largest absolute Gasteiger partial charge is 0.352 e. The van der Waals surface area contributed by atoms with E-state index in [9.17, 15) is 18.0 Å². The molecule has 1 aliphatic rings. The summed E-state index contributed by atoms with van der Waals surface area (Å²) in [5.41, 5.74) is 2.72. The predicted molar refractivity (Wildman–Crippen MR) is 196 cm³/mol. The van der Waals surface area contributed by atoms with Crippen molar-refractivity contribution in [1.82, 2.24) is 10.2 Å². The number of benzene rings is 4. The molecule has 7 nitrogen and oxygen atoms in total. The second-order valence-electron chi connectivity index (χ2n) is 12.1. The van der Waals surface area contributed by atoms with E-state index in [0.717, 1.165) is 47.5 Å². The number of halogens is 3. The third-order valence-corrected chi connectivity index (χ3v) is 11.6. The fourth-order valence-corrected chi connectivity index (χ4v) is 8.04. The van der Waals surface area contributed by atoms with Crippen LogP contribution in [0.5, 0.6) is 0 Å². The van der Waals surface area contributed by atoms with Gasteiger partial charge in [0.25, 0.3) is 10.0 Å². The number of nitrogens with one attached hydrogen (secondary N) is 1. The van der Waals surface area contributed by atoms with Gasteiger partial charge in [0.15, 0.2) is 0 Å². The van der Waals surface area contributed by atoms with Gasteiger partial charge in [0.2, 0.25) is 11.8 Å². The summed E-state index contributed by atoms with van der Waals surface area (Å²) < 4.78 is 30.2. The lowest BCUT2D eigenvalue weighted by molar-refractivity contribution is -0.140. The summed E-state index contributed by atoms with van der Waals surface area (Å²) in [6.07, 6.45) is 5.15. The van der Waals surface area contributed by atoms with Gasteiger partial charge in [0, 0.05) is 23.5 Å². The molecule has 252 valence electrons. The maximum Gasteiger partial charge on any atom is 0.264 e. The van der Waals surface area contributed by atoms with Crippen molar-refractivity contribution in [2.24, 2.45) is 0 Å². The van der Waals surface area contributed by atoms with Crippen molar-refractivity contribution < 1.29 is 18.0 Å². The molecule has 1 fully saturated rings.